The summed E-state index contributed by atoms with van der Waals surface area (Å²) in [6, 6.07) is 9.02. The SMILES string of the molecule is N#CC1(NC(=O)CN2CCN(S(=O)(=O)c3cccc(Br)c3)CC2)CCCCCC1. The molecule has 0 bridgehead atoms. The Bertz CT molecular complexity index is 868. The molecule has 2 aliphatic rings. The lowest BCUT2D eigenvalue weighted by molar-refractivity contribution is -0.124. The molecule has 1 amide bonds. The van der Waals surface area contributed by atoms with Crippen LogP contribution in [0.2, 0.25) is 0 Å². The van der Waals surface area contributed by atoms with Gasteiger partial charge in [0.05, 0.1) is 17.5 Å². The molecular weight excluding hydrogens is 456 g/mol. The van der Waals surface area contributed by atoms with E-state index in [0.29, 0.717) is 39.0 Å². The largest absolute Gasteiger partial charge is 0.337 e. The third-order valence-corrected chi connectivity index (χ3v) is 8.07. The first kappa shape index (κ1) is 22.2. The number of carbonyl (C=O) groups is 1. The third kappa shape index (κ3) is 5.57. The van der Waals surface area contributed by atoms with Gasteiger partial charge in [-0.3, -0.25) is 9.69 Å². The Morgan fingerprint density at radius 1 is 1.14 bits per heavy atom. The van der Waals surface area contributed by atoms with Crippen molar-refractivity contribution >= 4 is 31.9 Å². The van der Waals surface area contributed by atoms with Gasteiger partial charge in [-0.05, 0) is 31.0 Å². The van der Waals surface area contributed by atoms with Gasteiger partial charge >= 0.3 is 0 Å². The van der Waals surface area contributed by atoms with Crippen LogP contribution in [0.3, 0.4) is 0 Å². The fraction of sp³-hybridized carbons (Fsp3) is 0.600. The van der Waals surface area contributed by atoms with Gasteiger partial charge in [-0.2, -0.15) is 9.57 Å². The van der Waals surface area contributed by atoms with Crippen LogP contribution in [0.25, 0.3) is 0 Å². The smallest absolute Gasteiger partial charge is 0.243 e. The molecule has 1 N–H and O–H groups in total. The Morgan fingerprint density at radius 3 is 2.38 bits per heavy atom. The standard InChI is InChI=1S/C20H27BrN4O3S/c21-17-6-5-7-18(14-17)29(27,28)25-12-10-24(11-13-25)15-19(26)23-20(16-22)8-3-1-2-4-9-20/h5-7,14H,1-4,8-13,15H2,(H,23,26). The molecule has 0 radical (unpaired) electrons. The summed E-state index contributed by atoms with van der Waals surface area (Å²) >= 11 is 3.31. The molecule has 3 rings (SSSR count). The summed E-state index contributed by atoms with van der Waals surface area (Å²) in [4.78, 5) is 14.8. The van der Waals surface area contributed by atoms with Gasteiger partial charge in [-0.15, -0.1) is 0 Å². The van der Waals surface area contributed by atoms with Crippen LogP contribution in [0, 0.1) is 11.3 Å². The van der Waals surface area contributed by atoms with E-state index in [9.17, 15) is 18.5 Å². The Morgan fingerprint density at radius 2 is 1.79 bits per heavy atom. The lowest BCUT2D eigenvalue weighted by Gasteiger charge is -2.34. The van der Waals surface area contributed by atoms with Crippen molar-refractivity contribution in [2.75, 3.05) is 32.7 Å². The molecule has 0 atom stereocenters. The number of hydrogen-bond donors (Lipinski definition) is 1. The van der Waals surface area contributed by atoms with Gasteiger partial charge < -0.3 is 5.32 Å². The summed E-state index contributed by atoms with van der Waals surface area (Å²) in [5.74, 6) is -0.156. The highest BCUT2D eigenvalue weighted by Gasteiger charge is 2.34. The first-order valence-electron chi connectivity index (χ1n) is 10.0. The van der Waals surface area contributed by atoms with E-state index in [2.05, 4.69) is 27.3 Å². The maximum absolute atomic E-state index is 12.8. The van der Waals surface area contributed by atoms with E-state index in [1.165, 1.54) is 4.31 Å². The normalized spacial score (nSPS) is 21.1. The molecule has 1 heterocycles. The van der Waals surface area contributed by atoms with E-state index in [1.807, 2.05) is 4.90 Å². The predicted octanol–water partition coefficient (Wildman–Crippen LogP) is 2.49. The van der Waals surface area contributed by atoms with Gasteiger partial charge in [0.25, 0.3) is 0 Å². The molecule has 29 heavy (non-hydrogen) atoms. The number of sulfonamides is 1. The number of nitrogens with zero attached hydrogens (tertiary/aromatic N) is 3. The number of amides is 1. The van der Waals surface area contributed by atoms with Crippen LogP contribution >= 0.6 is 15.9 Å². The Kier molecular flexibility index (Phi) is 7.32. The molecule has 2 fully saturated rings. The average molecular weight is 483 g/mol. The van der Waals surface area contributed by atoms with E-state index >= 15 is 0 Å². The highest BCUT2D eigenvalue weighted by Crippen LogP contribution is 2.26. The molecule has 0 aromatic heterocycles. The van der Waals surface area contributed by atoms with Crippen LogP contribution in [0.4, 0.5) is 0 Å². The van der Waals surface area contributed by atoms with Crippen LogP contribution in [0.15, 0.2) is 33.6 Å². The molecule has 9 heteroatoms. The van der Waals surface area contributed by atoms with Crippen molar-refractivity contribution < 1.29 is 13.2 Å². The summed E-state index contributed by atoms with van der Waals surface area (Å²) in [5.41, 5.74) is -0.751. The second-order valence-corrected chi connectivity index (χ2v) is 10.6. The Hall–Kier alpha value is -1.47. The first-order chi connectivity index (χ1) is 13.8. The lowest BCUT2D eigenvalue weighted by Crippen LogP contribution is -2.54. The summed E-state index contributed by atoms with van der Waals surface area (Å²) in [5, 5.41) is 12.6. The fourth-order valence-electron chi connectivity index (χ4n) is 4.01. The number of nitrogens with one attached hydrogen (secondary N) is 1. The highest BCUT2D eigenvalue weighted by atomic mass is 79.9. The zero-order chi connectivity index (χ0) is 20.9. The van der Waals surface area contributed by atoms with Crippen molar-refractivity contribution in [1.29, 1.82) is 5.26 Å². The quantitative estimate of drug-likeness (QED) is 0.650. The molecule has 1 aromatic carbocycles. The molecule has 7 nitrogen and oxygen atoms in total. The van der Waals surface area contributed by atoms with Gasteiger partial charge in [0.2, 0.25) is 15.9 Å². The van der Waals surface area contributed by atoms with E-state index in [1.54, 1.807) is 24.3 Å². The van der Waals surface area contributed by atoms with Gasteiger partial charge in [0, 0.05) is 30.7 Å². The molecule has 1 aliphatic carbocycles. The summed E-state index contributed by atoms with van der Waals surface area (Å²) in [6.07, 6.45) is 5.53. The molecular formula is C20H27BrN4O3S. The van der Waals surface area contributed by atoms with Gasteiger partial charge in [0.15, 0.2) is 0 Å². The van der Waals surface area contributed by atoms with Crippen LogP contribution in [0.5, 0.6) is 0 Å². The van der Waals surface area contributed by atoms with Crippen molar-refractivity contribution in [2.45, 2.75) is 49.0 Å². The van der Waals surface area contributed by atoms with E-state index < -0.39 is 15.6 Å². The Balaban J connectivity index is 1.54. The van der Waals surface area contributed by atoms with Gasteiger partial charge in [0.1, 0.15) is 5.54 Å². The molecule has 0 spiro atoms. The van der Waals surface area contributed by atoms with Crippen LogP contribution in [-0.2, 0) is 14.8 Å². The second-order valence-electron chi connectivity index (χ2n) is 7.79. The van der Waals surface area contributed by atoms with Crippen LogP contribution < -0.4 is 5.32 Å². The number of halogens is 1. The number of rotatable bonds is 5. The predicted molar refractivity (Wildman–Crippen MR) is 114 cm³/mol. The molecule has 0 unspecified atom stereocenters. The Labute approximate surface area is 181 Å². The van der Waals surface area contributed by atoms with Crippen molar-refractivity contribution in [3.8, 4) is 6.07 Å². The topological polar surface area (TPSA) is 93.5 Å². The summed E-state index contributed by atoms with van der Waals surface area (Å²) in [7, 11) is -3.54. The van der Waals surface area contributed by atoms with Crippen molar-refractivity contribution in [3.05, 3.63) is 28.7 Å². The monoisotopic (exact) mass is 482 g/mol. The minimum Gasteiger partial charge on any atom is -0.337 e. The first-order valence-corrected chi connectivity index (χ1v) is 12.3. The zero-order valence-corrected chi connectivity index (χ0v) is 18.8. The minimum atomic E-state index is -3.54. The molecule has 1 saturated carbocycles. The number of benzene rings is 1. The third-order valence-electron chi connectivity index (χ3n) is 5.68. The lowest BCUT2D eigenvalue weighted by atomic mass is 9.92. The van der Waals surface area contributed by atoms with Crippen molar-refractivity contribution in [2.24, 2.45) is 0 Å². The number of hydrogen-bond acceptors (Lipinski definition) is 5. The highest BCUT2D eigenvalue weighted by molar-refractivity contribution is 9.10. The van der Waals surface area contributed by atoms with Gasteiger partial charge in [-0.1, -0.05) is 47.7 Å². The molecule has 1 aromatic rings. The zero-order valence-electron chi connectivity index (χ0n) is 16.4. The second kappa shape index (κ2) is 9.56. The fourth-order valence-corrected chi connectivity index (χ4v) is 6.03. The maximum atomic E-state index is 12.8. The van der Waals surface area contributed by atoms with E-state index in [0.717, 1.165) is 30.2 Å². The number of carbonyl (C=O) groups excluding carboxylic acids is 1. The van der Waals surface area contributed by atoms with Crippen LogP contribution in [0.1, 0.15) is 38.5 Å². The van der Waals surface area contributed by atoms with Crippen molar-refractivity contribution in [1.82, 2.24) is 14.5 Å². The van der Waals surface area contributed by atoms with E-state index in [-0.39, 0.29) is 17.3 Å². The summed E-state index contributed by atoms with van der Waals surface area (Å²) in [6.45, 7) is 1.84. The average Bonchev–Trinajstić information content (AvgIpc) is 2.94. The molecule has 1 saturated heterocycles. The van der Waals surface area contributed by atoms with E-state index in [4.69, 9.17) is 0 Å². The summed E-state index contributed by atoms with van der Waals surface area (Å²) < 4.78 is 27.8. The molecule has 158 valence electrons. The molecule has 1 aliphatic heterocycles. The van der Waals surface area contributed by atoms with Crippen LogP contribution in [-0.4, -0.2) is 61.8 Å². The number of piperazine rings is 1. The number of nitriles is 1. The minimum absolute atomic E-state index is 0.156. The maximum Gasteiger partial charge on any atom is 0.243 e. The van der Waals surface area contributed by atoms with Crippen molar-refractivity contribution in [3.63, 3.8) is 0 Å². The van der Waals surface area contributed by atoms with Gasteiger partial charge in [-0.25, -0.2) is 8.42 Å².